The molecule has 1 aliphatic heterocycles. The van der Waals surface area contributed by atoms with E-state index < -0.39 is 18.4 Å². The summed E-state index contributed by atoms with van der Waals surface area (Å²) in [5.41, 5.74) is 2.41. The average molecular weight is 371 g/mol. The minimum atomic E-state index is -0.627. The van der Waals surface area contributed by atoms with Crippen LogP contribution in [0, 0.1) is 5.82 Å². The van der Waals surface area contributed by atoms with Gasteiger partial charge in [-0.15, -0.1) is 0 Å². The van der Waals surface area contributed by atoms with E-state index >= 15 is 0 Å². The minimum Gasteiger partial charge on any atom is -0.494 e. The van der Waals surface area contributed by atoms with Crippen molar-refractivity contribution < 1.29 is 28.2 Å². The SMILES string of the molecule is COc1ccc(CC(=O)OCC(=O)c2ccc3c(c2)CCC(=O)N3)cc1F. The van der Waals surface area contributed by atoms with Crippen LogP contribution < -0.4 is 10.1 Å². The molecule has 0 atom stereocenters. The second-order valence-electron chi connectivity index (χ2n) is 6.15. The van der Waals surface area contributed by atoms with Gasteiger partial charge < -0.3 is 14.8 Å². The van der Waals surface area contributed by atoms with Gasteiger partial charge in [-0.3, -0.25) is 14.4 Å². The van der Waals surface area contributed by atoms with Crippen LogP contribution in [0.15, 0.2) is 36.4 Å². The summed E-state index contributed by atoms with van der Waals surface area (Å²) in [5, 5.41) is 2.74. The van der Waals surface area contributed by atoms with Crippen LogP contribution in [0.1, 0.15) is 27.9 Å². The molecule has 1 amide bonds. The molecule has 3 rings (SSSR count). The van der Waals surface area contributed by atoms with Gasteiger partial charge in [0.05, 0.1) is 13.5 Å². The molecule has 1 N–H and O–H groups in total. The van der Waals surface area contributed by atoms with E-state index in [-0.39, 0.29) is 23.9 Å². The molecular weight excluding hydrogens is 353 g/mol. The molecule has 2 aromatic rings. The molecule has 0 spiro atoms. The first-order valence-electron chi connectivity index (χ1n) is 8.40. The molecule has 27 heavy (non-hydrogen) atoms. The second-order valence-corrected chi connectivity index (χ2v) is 6.15. The van der Waals surface area contributed by atoms with Crippen LogP contribution in [0.25, 0.3) is 0 Å². The van der Waals surface area contributed by atoms with E-state index in [4.69, 9.17) is 9.47 Å². The molecule has 140 valence electrons. The maximum Gasteiger partial charge on any atom is 0.310 e. The molecule has 0 aromatic heterocycles. The smallest absolute Gasteiger partial charge is 0.310 e. The molecule has 2 aromatic carbocycles. The fraction of sp³-hybridized carbons (Fsp3) is 0.250. The number of Topliss-reactive ketones (excluding diaryl/α,β-unsaturated/α-hetero) is 1. The standard InChI is InChI=1S/C20H18FNO5/c1-26-18-6-2-12(8-15(18)21)9-20(25)27-11-17(23)14-3-5-16-13(10-14)4-7-19(24)22-16/h2-3,5-6,8,10H,4,7,9,11H2,1H3,(H,22,24). The number of hydrogen-bond acceptors (Lipinski definition) is 5. The van der Waals surface area contributed by atoms with Gasteiger partial charge in [0.25, 0.3) is 0 Å². The van der Waals surface area contributed by atoms with Crippen molar-refractivity contribution in [1.82, 2.24) is 0 Å². The molecule has 1 aliphatic rings. The number of aryl methyl sites for hydroxylation is 1. The van der Waals surface area contributed by atoms with Crippen molar-refractivity contribution in [1.29, 1.82) is 0 Å². The number of carbonyl (C=O) groups is 3. The van der Waals surface area contributed by atoms with Crippen molar-refractivity contribution in [3.8, 4) is 5.75 Å². The quantitative estimate of drug-likeness (QED) is 0.624. The van der Waals surface area contributed by atoms with E-state index in [1.54, 1.807) is 24.3 Å². The number of hydrogen-bond donors (Lipinski definition) is 1. The fourth-order valence-electron chi connectivity index (χ4n) is 2.82. The Balaban J connectivity index is 1.56. The Morgan fingerprint density at radius 2 is 1.96 bits per heavy atom. The molecule has 0 saturated heterocycles. The Bertz CT molecular complexity index is 909. The van der Waals surface area contributed by atoms with Crippen molar-refractivity contribution in [3.63, 3.8) is 0 Å². The number of carbonyl (C=O) groups excluding carboxylic acids is 3. The minimum absolute atomic E-state index is 0.0505. The summed E-state index contributed by atoms with van der Waals surface area (Å²) in [6.45, 7) is -0.400. The number of ether oxygens (including phenoxy) is 2. The third kappa shape index (κ3) is 4.49. The third-order valence-electron chi connectivity index (χ3n) is 4.25. The summed E-state index contributed by atoms with van der Waals surface area (Å²) in [6.07, 6.45) is 0.785. The highest BCUT2D eigenvalue weighted by molar-refractivity contribution is 6.00. The van der Waals surface area contributed by atoms with Gasteiger partial charge in [0.2, 0.25) is 5.91 Å². The maximum atomic E-state index is 13.6. The molecule has 0 fully saturated rings. The molecule has 0 radical (unpaired) electrons. The zero-order valence-corrected chi connectivity index (χ0v) is 14.7. The van der Waals surface area contributed by atoms with Crippen LogP contribution in [0.2, 0.25) is 0 Å². The molecule has 1 heterocycles. The first-order chi connectivity index (χ1) is 13.0. The molecular formula is C20H18FNO5. The van der Waals surface area contributed by atoms with Crippen molar-refractivity contribution in [3.05, 3.63) is 58.9 Å². The Labute approximate surface area is 155 Å². The number of rotatable bonds is 6. The van der Waals surface area contributed by atoms with Crippen molar-refractivity contribution >= 4 is 23.3 Å². The monoisotopic (exact) mass is 371 g/mol. The fourth-order valence-corrected chi connectivity index (χ4v) is 2.82. The number of benzene rings is 2. The van der Waals surface area contributed by atoms with Crippen molar-refractivity contribution in [2.24, 2.45) is 0 Å². The van der Waals surface area contributed by atoms with Gasteiger partial charge in [-0.2, -0.15) is 0 Å². The van der Waals surface area contributed by atoms with Crippen molar-refractivity contribution in [2.45, 2.75) is 19.3 Å². The topological polar surface area (TPSA) is 81.7 Å². The van der Waals surface area contributed by atoms with E-state index in [0.29, 0.717) is 29.7 Å². The summed E-state index contributed by atoms with van der Waals surface area (Å²) in [7, 11) is 1.35. The van der Waals surface area contributed by atoms with Gasteiger partial charge in [0.15, 0.2) is 24.0 Å². The van der Waals surface area contributed by atoms with E-state index in [1.165, 1.54) is 19.2 Å². The maximum absolute atomic E-state index is 13.6. The largest absolute Gasteiger partial charge is 0.494 e. The summed E-state index contributed by atoms with van der Waals surface area (Å²) < 4.78 is 23.5. The predicted octanol–water partition coefficient (Wildman–Crippen LogP) is 2.69. The molecule has 0 bridgehead atoms. The first kappa shape index (κ1) is 18.6. The van der Waals surface area contributed by atoms with Gasteiger partial charge in [-0.1, -0.05) is 6.07 Å². The van der Waals surface area contributed by atoms with Crippen LogP contribution in [0.4, 0.5) is 10.1 Å². The van der Waals surface area contributed by atoms with E-state index in [0.717, 1.165) is 5.56 Å². The number of amides is 1. The lowest BCUT2D eigenvalue weighted by Crippen LogP contribution is -2.20. The number of anilines is 1. The molecule has 6 nitrogen and oxygen atoms in total. The van der Waals surface area contributed by atoms with Gasteiger partial charge in [-0.05, 0) is 47.9 Å². The van der Waals surface area contributed by atoms with Crippen LogP contribution >= 0.6 is 0 Å². The van der Waals surface area contributed by atoms with Crippen LogP contribution in [-0.2, 0) is 27.2 Å². The highest BCUT2D eigenvalue weighted by Crippen LogP contribution is 2.24. The average Bonchev–Trinajstić information content (AvgIpc) is 2.66. The molecule has 7 heteroatoms. The number of nitrogens with one attached hydrogen (secondary N) is 1. The van der Waals surface area contributed by atoms with Crippen LogP contribution in [0.5, 0.6) is 5.75 Å². The van der Waals surface area contributed by atoms with Crippen LogP contribution in [-0.4, -0.2) is 31.4 Å². The Hall–Kier alpha value is -3.22. The lowest BCUT2D eigenvalue weighted by molar-refractivity contribution is -0.141. The van der Waals surface area contributed by atoms with Gasteiger partial charge in [-0.25, -0.2) is 4.39 Å². The zero-order chi connectivity index (χ0) is 19.4. The molecule has 0 aliphatic carbocycles. The Kier molecular flexibility index (Phi) is 5.49. The second kappa shape index (κ2) is 7.99. The van der Waals surface area contributed by atoms with Gasteiger partial charge in [0, 0.05) is 17.7 Å². The highest BCUT2D eigenvalue weighted by atomic mass is 19.1. The Morgan fingerprint density at radius 3 is 2.70 bits per heavy atom. The molecule has 0 unspecified atom stereocenters. The summed E-state index contributed by atoms with van der Waals surface area (Å²) in [4.78, 5) is 35.5. The molecule has 0 saturated carbocycles. The zero-order valence-electron chi connectivity index (χ0n) is 14.7. The number of esters is 1. The third-order valence-corrected chi connectivity index (χ3v) is 4.25. The number of ketones is 1. The van der Waals surface area contributed by atoms with Crippen molar-refractivity contribution in [2.75, 3.05) is 19.0 Å². The highest BCUT2D eigenvalue weighted by Gasteiger charge is 2.17. The first-order valence-corrected chi connectivity index (χ1v) is 8.40. The lowest BCUT2D eigenvalue weighted by atomic mass is 9.99. The van der Waals surface area contributed by atoms with Gasteiger partial charge in [0.1, 0.15) is 0 Å². The van der Waals surface area contributed by atoms with E-state index in [9.17, 15) is 18.8 Å². The van der Waals surface area contributed by atoms with E-state index in [2.05, 4.69) is 5.32 Å². The van der Waals surface area contributed by atoms with Gasteiger partial charge >= 0.3 is 5.97 Å². The summed E-state index contributed by atoms with van der Waals surface area (Å²) >= 11 is 0. The summed E-state index contributed by atoms with van der Waals surface area (Å²) in [5.74, 6) is -1.50. The van der Waals surface area contributed by atoms with E-state index in [1.807, 2.05) is 0 Å². The Morgan fingerprint density at radius 1 is 1.15 bits per heavy atom. The number of methoxy groups -OCH3 is 1. The number of halogens is 1. The normalized spacial score (nSPS) is 12.7. The number of fused-ring (bicyclic) bond motifs is 1. The van der Waals surface area contributed by atoms with Crippen LogP contribution in [0.3, 0.4) is 0 Å². The lowest BCUT2D eigenvalue weighted by Gasteiger charge is -2.17. The predicted molar refractivity (Wildman–Crippen MR) is 95.3 cm³/mol. The summed E-state index contributed by atoms with van der Waals surface area (Å²) in [6, 6.07) is 9.13.